The van der Waals surface area contributed by atoms with Crippen LogP contribution in [0.2, 0.25) is 0 Å². The first-order valence-corrected chi connectivity index (χ1v) is 2.68. The summed E-state index contributed by atoms with van der Waals surface area (Å²) in [5.41, 5.74) is -1.11. The molecule has 0 heterocycles. The van der Waals surface area contributed by atoms with Crippen molar-refractivity contribution in [2.24, 2.45) is 5.41 Å². The highest BCUT2D eigenvalue weighted by Crippen LogP contribution is 2.11. The van der Waals surface area contributed by atoms with Crippen molar-refractivity contribution in [3.63, 3.8) is 0 Å². The van der Waals surface area contributed by atoms with Gasteiger partial charge in [0.25, 0.3) is 0 Å². The topological polar surface area (TPSA) is 80.9 Å². The van der Waals surface area contributed by atoms with Crippen molar-refractivity contribution in [2.45, 2.75) is 0 Å². The van der Waals surface area contributed by atoms with Gasteiger partial charge in [0.1, 0.15) is 0 Å². The van der Waals surface area contributed by atoms with Crippen molar-refractivity contribution >= 4 is 12.4 Å². The molecule has 0 unspecified atom stereocenters. The van der Waals surface area contributed by atoms with Gasteiger partial charge in [0.15, 0.2) is 0 Å². The second kappa shape index (κ2) is 5.88. The molecular weight excluding hydrogens is 160 g/mol. The fraction of sp³-hybridized carbons (Fsp3) is 1.00. The molecule has 0 rings (SSSR count). The van der Waals surface area contributed by atoms with E-state index in [4.69, 9.17) is 20.4 Å². The summed E-state index contributed by atoms with van der Waals surface area (Å²) in [5.74, 6) is 0. The van der Waals surface area contributed by atoms with Crippen molar-refractivity contribution in [3.8, 4) is 0 Å². The van der Waals surface area contributed by atoms with Gasteiger partial charge in [-0.1, -0.05) is 0 Å². The van der Waals surface area contributed by atoms with Crippen LogP contribution < -0.4 is 0 Å². The molecule has 0 aromatic carbocycles. The predicted octanol–water partition coefficient (Wildman–Crippen LogP) is -1.64. The van der Waals surface area contributed by atoms with Crippen LogP contribution in [0.15, 0.2) is 0 Å². The van der Waals surface area contributed by atoms with E-state index in [0.29, 0.717) is 0 Å². The summed E-state index contributed by atoms with van der Waals surface area (Å²) >= 11 is 0. The molecule has 0 aromatic heterocycles. The lowest BCUT2D eigenvalue weighted by atomic mass is 9.93. The van der Waals surface area contributed by atoms with E-state index >= 15 is 0 Å². The maximum atomic E-state index is 8.50. The Bertz CT molecular complexity index is 56.5. The Morgan fingerprint density at radius 3 is 0.900 bits per heavy atom. The van der Waals surface area contributed by atoms with Gasteiger partial charge in [-0.05, 0) is 0 Å². The molecule has 0 amide bonds. The van der Waals surface area contributed by atoms with Crippen LogP contribution in [0, 0.1) is 5.41 Å². The number of rotatable bonds is 4. The van der Waals surface area contributed by atoms with Crippen LogP contribution in [0.5, 0.6) is 0 Å². The van der Waals surface area contributed by atoms with Crippen LogP contribution >= 0.6 is 12.4 Å². The van der Waals surface area contributed by atoms with E-state index in [2.05, 4.69) is 0 Å². The van der Waals surface area contributed by atoms with Gasteiger partial charge in [0.05, 0.1) is 31.8 Å². The first-order valence-electron chi connectivity index (χ1n) is 2.68. The van der Waals surface area contributed by atoms with Crippen LogP contribution in [0.1, 0.15) is 0 Å². The summed E-state index contributed by atoms with van der Waals surface area (Å²) in [6.07, 6.45) is 0. The van der Waals surface area contributed by atoms with Crippen molar-refractivity contribution in [1.29, 1.82) is 0 Å². The normalized spacial score (nSPS) is 10.8. The molecule has 0 fully saturated rings. The Morgan fingerprint density at radius 2 is 0.900 bits per heavy atom. The summed E-state index contributed by atoms with van der Waals surface area (Å²) in [6.45, 7) is -1.62. The number of hydrogen-bond acceptors (Lipinski definition) is 4. The predicted molar refractivity (Wildman–Crippen MR) is 38.0 cm³/mol. The molecule has 5 heteroatoms. The average Bonchev–Trinajstić information content (AvgIpc) is 1.95. The number of aliphatic hydroxyl groups excluding tert-OH is 4. The van der Waals surface area contributed by atoms with E-state index < -0.39 is 31.8 Å². The van der Waals surface area contributed by atoms with Gasteiger partial charge in [-0.15, -0.1) is 12.4 Å². The van der Waals surface area contributed by atoms with Gasteiger partial charge >= 0.3 is 0 Å². The molecule has 0 bridgehead atoms. The summed E-state index contributed by atoms with van der Waals surface area (Å²) in [6, 6.07) is 0. The van der Waals surface area contributed by atoms with Crippen LogP contribution in [0.4, 0.5) is 0 Å². The third-order valence-electron chi connectivity index (χ3n) is 1.34. The second-order valence-corrected chi connectivity index (χ2v) is 2.13. The van der Waals surface area contributed by atoms with Gasteiger partial charge in [-0.2, -0.15) is 0 Å². The first-order chi connectivity index (χ1) is 4.24. The highest BCUT2D eigenvalue weighted by atomic mass is 35.5. The van der Waals surface area contributed by atoms with E-state index in [9.17, 15) is 0 Å². The van der Waals surface area contributed by atoms with Gasteiger partial charge in [0, 0.05) is 0 Å². The molecule has 0 atom stereocenters. The first kappa shape index (κ1) is 12.8. The Labute approximate surface area is 65.5 Å². The maximum Gasteiger partial charge on any atom is 0.0627 e. The van der Waals surface area contributed by atoms with Crippen molar-refractivity contribution in [1.82, 2.24) is 0 Å². The smallest absolute Gasteiger partial charge is 0.0627 e. The van der Waals surface area contributed by atoms with Crippen LogP contribution in [0.3, 0.4) is 0 Å². The molecule has 0 aromatic rings. The minimum Gasteiger partial charge on any atom is -0.396 e. The molecule has 0 saturated heterocycles. The Hall–Kier alpha value is 0.130. The molecule has 10 heavy (non-hydrogen) atoms. The average molecular weight is 173 g/mol. The summed E-state index contributed by atoms with van der Waals surface area (Å²) in [4.78, 5) is 0. The minimum absolute atomic E-state index is 0. The SMILES string of the molecule is Cl.OCC(CO)(CO)CO. The van der Waals surface area contributed by atoms with Crippen LogP contribution in [-0.4, -0.2) is 46.9 Å². The molecule has 0 saturated carbocycles. The highest BCUT2D eigenvalue weighted by Gasteiger charge is 2.26. The standard InChI is InChI=1S/C5H12O4.ClH/c6-1-5(2-7,3-8)4-9;/h6-9H,1-4H2;1H. The quantitative estimate of drug-likeness (QED) is 0.410. The van der Waals surface area contributed by atoms with E-state index in [-0.39, 0.29) is 12.4 Å². The molecule has 0 aliphatic heterocycles. The van der Waals surface area contributed by atoms with Gasteiger partial charge in [-0.3, -0.25) is 0 Å². The van der Waals surface area contributed by atoms with Crippen molar-refractivity contribution in [2.75, 3.05) is 26.4 Å². The zero-order valence-electron chi connectivity index (χ0n) is 5.53. The largest absolute Gasteiger partial charge is 0.396 e. The lowest BCUT2D eigenvalue weighted by molar-refractivity contribution is -0.0328. The van der Waals surface area contributed by atoms with E-state index in [1.807, 2.05) is 0 Å². The van der Waals surface area contributed by atoms with Crippen molar-refractivity contribution in [3.05, 3.63) is 0 Å². The van der Waals surface area contributed by atoms with Crippen molar-refractivity contribution < 1.29 is 20.4 Å². The third-order valence-corrected chi connectivity index (χ3v) is 1.34. The third kappa shape index (κ3) is 2.81. The Kier molecular flexibility index (Phi) is 7.51. The Morgan fingerprint density at radius 1 is 0.700 bits per heavy atom. The lowest BCUT2D eigenvalue weighted by Gasteiger charge is -2.23. The van der Waals surface area contributed by atoms with Gasteiger partial charge in [0.2, 0.25) is 0 Å². The molecule has 0 radical (unpaired) electrons. The maximum absolute atomic E-state index is 8.50. The molecule has 0 aliphatic carbocycles. The van der Waals surface area contributed by atoms with Crippen LogP contribution in [0.25, 0.3) is 0 Å². The fourth-order valence-corrected chi connectivity index (χ4v) is 0.300. The van der Waals surface area contributed by atoms with E-state index in [1.54, 1.807) is 0 Å². The number of aliphatic hydroxyl groups is 4. The van der Waals surface area contributed by atoms with E-state index in [0.717, 1.165) is 0 Å². The molecular formula is C5H13ClO4. The van der Waals surface area contributed by atoms with Gasteiger partial charge in [-0.25, -0.2) is 0 Å². The highest BCUT2D eigenvalue weighted by molar-refractivity contribution is 5.85. The van der Waals surface area contributed by atoms with Crippen LogP contribution in [-0.2, 0) is 0 Å². The molecule has 4 N–H and O–H groups in total. The number of halogens is 1. The second-order valence-electron chi connectivity index (χ2n) is 2.13. The summed E-state index contributed by atoms with van der Waals surface area (Å²) in [5, 5.41) is 34.0. The van der Waals surface area contributed by atoms with E-state index in [1.165, 1.54) is 0 Å². The van der Waals surface area contributed by atoms with Gasteiger partial charge < -0.3 is 20.4 Å². The summed E-state index contributed by atoms with van der Waals surface area (Å²) < 4.78 is 0. The molecule has 0 spiro atoms. The molecule has 4 nitrogen and oxygen atoms in total. The summed E-state index contributed by atoms with van der Waals surface area (Å²) in [7, 11) is 0. The minimum atomic E-state index is -1.11. The fourth-order valence-electron chi connectivity index (χ4n) is 0.300. The zero-order chi connectivity index (χ0) is 7.33. The zero-order valence-corrected chi connectivity index (χ0v) is 6.34. The number of hydrogen-bond donors (Lipinski definition) is 4. The molecule has 0 aliphatic rings. The Balaban J connectivity index is 0. The molecule has 64 valence electrons. The lowest BCUT2D eigenvalue weighted by Crippen LogP contribution is -2.37. The monoisotopic (exact) mass is 172 g/mol.